The molecule has 4 nitrogen and oxygen atoms in total. The van der Waals surface area contributed by atoms with E-state index in [1.165, 1.54) is 0 Å². The molecule has 1 aliphatic heterocycles. The zero-order valence-corrected chi connectivity index (χ0v) is 16.0. The molecule has 4 heteroatoms. The van der Waals surface area contributed by atoms with Crippen LogP contribution in [0, 0.1) is 0 Å². The topological polar surface area (TPSA) is 49.4 Å². The SMILES string of the molecule is CC1(C)C(=O)Nc2cc(C(=O)N(Cc3ccccc3)c3ccccc3)ccc21. The Kier molecular flexibility index (Phi) is 4.47. The highest BCUT2D eigenvalue weighted by atomic mass is 16.2. The van der Waals surface area contributed by atoms with Gasteiger partial charge in [0.1, 0.15) is 0 Å². The Hall–Kier alpha value is -3.40. The fourth-order valence-corrected chi connectivity index (χ4v) is 3.54. The number of para-hydroxylation sites is 1. The lowest BCUT2D eigenvalue weighted by molar-refractivity contribution is -0.119. The summed E-state index contributed by atoms with van der Waals surface area (Å²) in [6.45, 7) is 4.25. The summed E-state index contributed by atoms with van der Waals surface area (Å²) in [5.41, 5.74) is 3.49. The van der Waals surface area contributed by atoms with Crippen molar-refractivity contribution < 1.29 is 9.59 Å². The van der Waals surface area contributed by atoms with Gasteiger partial charge in [-0.1, -0.05) is 54.6 Å². The first-order valence-electron chi connectivity index (χ1n) is 9.33. The summed E-state index contributed by atoms with van der Waals surface area (Å²) >= 11 is 0. The minimum absolute atomic E-state index is 0.0451. The lowest BCUT2D eigenvalue weighted by Crippen LogP contribution is -2.30. The second-order valence-corrected chi connectivity index (χ2v) is 7.55. The van der Waals surface area contributed by atoms with E-state index in [4.69, 9.17) is 0 Å². The van der Waals surface area contributed by atoms with Gasteiger partial charge in [0.15, 0.2) is 0 Å². The van der Waals surface area contributed by atoms with E-state index in [1.807, 2.05) is 86.6 Å². The Morgan fingerprint density at radius 1 is 0.929 bits per heavy atom. The van der Waals surface area contributed by atoms with Gasteiger partial charge < -0.3 is 10.2 Å². The zero-order chi connectivity index (χ0) is 19.7. The Morgan fingerprint density at radius 2 is 1.57 bits per heavy atom. The average Bonchev–Trinajstić information content (AvgIpc) is 2.95. The fraction of sp³-hybridized carbons (Fsp3) is 0.167. The van der Waals surface area contributed by atoms with Crippen LogP contribution in [0.1, 0.15) is 35.3 Å². The molecule has 0 saturated carbocycles. The molecule has 1 heterocycles. The zero-order valence-electron chi connectivity index (χ0n) is 16.0. The highest BCUT2D eigenvalue weighted by Gasteiger charge is 2.38. The lowest BCUT2D eigenvalue weighted by Gasteiger charge is -2.23. The number of carbonyl (C=O) groups excluding carboxylic acids is 2. The summed E-state index contributed by atoms with van der Waals surface area (Å²) in [4.78, 5) is 27.4. The standard InChI is InChI=1S/C24H22N2O2/c1-24(2)20-14-13-18(15-21(20)25-23(24)28)22(27)26(19-11-7-4-8-12-19)16-17-9-5-3-6-10-17/h3-15H,16H2,1-2H3,(H,25,28). The van der Waals surface area contributed by atoms with Crippen molar-refractivity contribution in [1.82, 2.24) is 0 Å². The molecule has 28 heavy (non-hydrogen) atoms. The van der Waals surface area contributed by atoms with Gasteiger partial charge in [-0.2, -0.15) is 0 Å². The van der Waals surface area contributed by atoms with Gasteiger partial charge in [-0.15, -0.1) is 0 Å². The predicted octanol–water partition coefficient (Wildman–Crippen LogP) is 4.76. The number of hydrogen-bond donors (Lipinski definition) is 1. The van der Waals surface area contributed by atoms with Crippen LogP contribution in [-0.2, 0) is 16.8 Å². The van der Waals surface area contributed by atoms with Crippen LogP contribution in [0.3, 0.4) is 0 Å². The highest BCUT2D eigenvalue weighted by Crippen LogP contribution is 2.38. The van der Waals surface area contributed by atoms with E-state index in [0.29, 0.717) is 17.8 Å². The number of hydrogen-bond acceptors (Lipinski definition) is 2. The molecule has 0 spiro atoms. The van der Waals surface area contributed by atoms with Crippen LogP contribution in [0.15, 0.2) is 78.9 Å². The van der Waals surface area contributed by atoms with E-state index in [2.05, 4.69) is 5.32 Å². The van der Waals surface area contributed by atoms with Crippen molar-refractivity contribution >= 4 is 23.2 Å². The van der Waals surface area contributed by atoms with Crippen LogP contribution < -0.4 is 10.2 Å². The van der Waals surface area contributed by atoms with Crippen LogP contribution in [0.2, 0.25) is 0 Å². The minimum atomic E-state index is -0.583. The summed E-state index contributed by atoms with van der Waals surface area (Å²) in [5, 5.41) is 2.90. The summed E-state index contributed by atoms with van der Waals surface area (Å²) in [6.07, 6.45) is 0. The van der Waals surface area contributed by atoms with Gasteiger partial charge >= 0.3 is 0 Å². The highest BCUT2D eigenvalue weighted by molar-refractivity contribution is 6.10. The number of nitrogens with zero attached hydrogens (tertiary/aromatic N) is 1. The Labute approximate surface area is 164 Å². The molecule has 1 N–H and O–H groups in total. The van der Waals surface area contributed by atoms with Gasteiger partial charge in [0, 0.05) is 16.9 Å². The van der Waals surface area contributed by atoms with E-state index in [9.17, 15) is 9.59 Å². The minimum Gasteiger partial charge on any atom is -0.325 e. The van der Waals surface area contributed by atoms with Gasteiger partial charge in [0.25, 0.3) is 5.91 Å². The van der Waals surface area contributed by atoms with Gasteiger partial charge in [0.2, 0.25) is 5.91 Å². The van der Waals surface area contributed by atoms with Crippen LogP contribution in [0.25, 0.3) is 0 Å². The first-order chi connectivity index (χ1) is 13.5. The van der Waals surface area contributed by atoms with Crippen molar-refractivity contribution in [3.63, 3.8) is 0 Å². The molecule has 1 aliphatic rings. The molecule has 140 valence electrons. The van der Waals surface area contributed by atoms with E-state index >= 15 is 0 Å². The number of carbonyl (C=O) groups is 2. The third-order valence-corrected chi connectivity index (χ3v) is 5.25. The molecule has 3 aromatic carbocycles. The normalized spacial score (nSPS) is 14.3. The number of fused-ring (bicyclic) bond motifs is 1. The van der Waals surface area contributed by atoms with Crippen molar-refractivity contribution in [3.05, 3.63) is 95.6 Å². The van der Waals surface area contributed by atoms with E-state index in [-0.39, 0.29) is 11.8 Å². The van der Waals surface area contributed by atoms with Crippen LogP contribution in [-0.4, -0.2) is 11.8 Å². The molecule has 0 aromatic heterocycles. The molecule has 0 fully saturated rings. The maximum atomic E-state index is 13.4. The van der Waals surface area contributed by atoms with Gasteiger partial charge in [-0.05, 0) is 49.2 Å². The van der Waals surface area contributed by atoms with Crippen LogP contribution >= 0.6 is 0 Å². The molecular formula is C24H22N2O2. The summed E-state index contributed by atoms with van der Waals surface area (Å²) in [7, 11) is 0. The quantitative estimate of drug-likeness (QED) is 0.720. The molecule has 0 aliphatic carbocycles. The second kappa shape index (κ2) is 6.97. The van der Waals surface area contributed by atoms with E-state index in [0.717, 1.165) is 16.8 Å². The van der Waals surface area contributed by atoms with Crippen LogP contribution in [0.4, 0.5) is 11.4 Å². The third-order valence-electron chi connectivity index (χ3n) is 5.25. The first kappa shape index (κ1) is 18.0. The molecule has 2 amide bonds. The molecule has 0 radical (unpaired) electrons. The third kappa shape index (κ3) is 3.18. The maximum absolute atomic E-state index is 13.4. The Morgan fingerprint density at radius 3 is 2.25 bits per heavy atom. The van der Waals surface area contributed by atoms with E-state index in [1.54, 1.807) is 11.0 Å². The van der Waals surface area contributed by atoms with Gasteiger partial charge in [-0.3, -0.25) is 9.59 Å². The first-order valence-corrected chi connectivity index (χ1v) is 9.33. The van der Waals surface area contributed by atoms with Crippen molar-refractivity contribution in [2.75, 3.05) is 10.2 Å². The molecule has 0 saturated heterocycles. The monoisotopic (exact) mass is 370 g/mol. The largest absolute Gasteiger partial charge is 0.325 e. The average molecular weight is 370 g/mol. The molecule has 3 aromatic rings. The molecule has 0 atom stereocenters. The molecule has 4 rings (SSSR count). The molecule has 0 unspecified atom stereocenters. The summed E-state index contributed by atoms with van der Waals surface area (Å²) in [5.74, 6) is -0.145. The lowest BCUT2D eigenvalue weighted by atomic mass is 9.86. The smallest absolute Gasteiger partial charge is 0.258 e. The number of amides is 2. The fourth-order valence-electron chi connectivity index (χ4n) is 3.54. The summed E-state index contributed by atoms with van der Waals surface area (Å²) < 4.78 is 0. The number of benzene rings is 3. The van der Waals surface area contributed by atoms with Crippen molar-refractivity contribution in [2.24, 2.45) is 0 Å². The van der Waals surface area contributed by atoms with Crippen molar-refractivity contribution in [3.8, 4) is 0 Å². The maximum Gasteiger partial charge on any atom is 0.258 e. The van der Waals surface area contributed by atoms with Crippen molar-refractivity contribution in [1.29, 1.82) is 0 Å². The Bertz CT molecular complexity index is 1030. The Balaban J connectivity index is 1.70. The molecular weight excluding hydrogens is 348 g/mol. The second-order valence-electron chi connectivity index (χ2n) is 7.55. The van der Waals surface area contributed by atoms with Gasteiger partial charge in [0.05, 0.1) is 12.0 Å². The molecule has 0 bridgehead atoms. The predicted molar refractivity (Wildman–Crippen MR) is 111 cm³/mol. The number of nitrogens with one attached hydrogen (secondary N) is 1. The number of rotatable bonds is 4. The van der Waals surface area contributed by atoms with Crippen LogP contribution in [0.5, 0.6) is 0 Å². The summed E-state index contributed by atoms with van der Waals surface area (Å²) in [6, 6.07) is 25.0. The van der Waals surface area contributed by atoms with Gasteiger partial charge in [-0.25, -0.2) is 0 Å². The van der Waals surface area contributed by atoms with E-state index < -0.39 is 5.41 Å². The number of anilines is 2. The van der Waals surface area contributed by atoms with Crippen molar-refractivity contribution in [2.45, 2.75) is 25.8 Å².